The van der Waals surface area contributed by atoms with Gasteiger partial charge in [0.15, 0.2) is 0 Å². The van der Waals surface area contributed by atoms with Crippen LogP contribution in [0.1, 0.15) is 38.5 Å². The van der Waals surface area contributed by atoms with Gasteiger partial charge >= 0.3 is 0 Å². The van der Waals surface area contributed by atoms with Gasteiger partial charge in [-0.05, 0) is 55.3 Å². The molecule has 0 radical (unpaired) electrons. The first-order chi connectivity index (χ1) is 13.7. The molecule has 1 fully saturated rings. The predicted octanol–water partition coefficient (Wildman–Crippen LogP) is 4.71. The summed E-state index contributed by atoms with van der Waals surface area (Å²) >= 11 is 0. The largest absolute Gasteiger partial charge is 0.338 e. The van der Waals surface area contributed by atoms with Gasteiger partial charge in [0.25, 0.3) is 0 Å². The third kappa shape index (κ3) is 4.06. The Bertz CT molecular complexity index is 970. The molecule has 144 valence electrons. The molecule has 0 aliphatic heterocycles. The van der Waals surface area contributed by atoms with E-state index in [1.54, 1.807) is 0 Å². The summed E-state index contributed by atoms with van der Waals surface area (Å²) in [4.78, 5) is 31.0. The summed E-state index contributed by atoms with van der Waals surface area (Å²) in [6, 6.07) is 13.3. The Hall–Kier alpha value is -3.15. The van der Waals surface area contributed by atoms with E-state index in [9.17, 15) is 9.59 Å². The lowest BCUT2D eigenvalue weighted by Gasteiger charge is -2.14. The van der Waals surface area contributed by atoms with Crippen LogP contribution in [0.25, 0.3) is 22.4 Å². The number of carbonyl (C=O) groups is 2. The molecule has 0 unspecified atom stereocenters. The molecule has 0 bridgehead atoms. The quantitative estimate of drug-likeness (QED) is 0.445. The van der Waals surface area contributed by atoms with Crippen LogP contribution in [0.15, 0.2) is 42.5 Å². The first-order valence-electron chi connectivity index (χ1n) is 9.84. The number of hydrogen-bond acceptors (Lipinski definition) is 3. The van der Waals surface area contributed by atoms with Crippen molar-refractivity contribution in [1.82, 2.24) is 9.97 Å². The van der Waals surface area contributed by atoms with E-state index in [2.05, 4.69) is 20.6 Å². The SMILES string of the molecule is O=CNc1ccc2nc(-c3ccc(NC(=O)C4CCCCCC4)cc3)[nH]c2c1. The maximum Gasteiger partial charge on any atom is 0.227 e. The number of nitrogens with one attached hydrogen (secondary N) is 3. The van der Waals surface area contributed by atoms with E-state index in [0.29, 0.717) is 12.1 Å². The zero-order valence-electron chi connectivity index (χ0n) is 15.7. The lowest BCUT2D eigenvalue weighted by molar-refractivity contribution is -0.120. The summed E-state index contributed by atoms with van der Waals surface area (Å²) in [6.07, 6.45) is 7.40. The van der Waals surface area contributed by atoms with E-state index in [-0.39, 0.29) is 11.8 Å². The highest BCUT2D eigenvalue weighted by Crippen LogP contribution is 2.26. The van der Waals surface area contributed by atoms with Gasteiger partial charge in [0.2, 0.25) is 12.3 Å². The number of imidazole rings is 1. The van der Waals surface area contributed by atoms with E-state index in [1.807, 2.05) is 42.5 Å². The van der Waals surface area contributed by atoms with Crippen molar-refractivity contribution in [2.45, 2.75) is 38.5 Å². The van der Waals surface area contributed by atoms with Gasteiger partial charge in [-0.15, -0.1) is 0 Å². The number of aromatic nitrogens is 2. The molecule has 1 aromatic heterocycles. The second kappa shape index (κ2) is 8.25. The molecule has 3 N–H and O–H groups in total. The molecular weight excluding hydrogens is 352 g/mol. The van der Waals surface area contributed by atoms with Crippen LogP contribution in [-0.2, 0) is 9.59 Å². The Balaban J connectivity index is 1.47. The normalized spacial score (nSPS) is 15.1. The minimum absolute atomic E-state index is 0.131. The van der Waals surface area contributed by atoms with Crippen LogP contribution in [-0.4, -0.2) is 22.3 Å². The molecule has 2 amide bonds. The van der Waals surface area contributed by atoms with Crippen LogP contribution < -0.4 is 10.6 Å². The number of rotatable bonds is 5. The Kier molecular flexibility index (Phi) is 5.37. The van der Waals surface area contributed by atoms with Crippen molar-refractivity contribution < 1.29 is 9.59 Å². The van der Waals surface area contributed by atoms with Crippen molar-refractivity contribution in [3.05, 3.63) is 42.5 Å². The third-order valence-electron chi connectivity index (χ3n) is 5.36. The van der Waals surface area contributed by atoms with Gasteiger partial charge in [0, 0.05) is 22.9 Å². The average molecular weight is 376 g/mol. The molecular formula is C22H24N4O2. The number of hydrogen-bond donors (Lipinski definition) is 3. The Morgan fingerprint density at radius 3 is 2.43 bits per heavy atom. The molecule has 3 aromatic rings. The van der Waals surface area contributed by atoms with E-state index < -0.39 is 0 Å². The Morgan fingerprint density at radius 2 is 1.71 bits per heavy atom. The van der Waals surface area contributed by atoms with Crippen molar-refractivity contribution in [3.8, 4) is 11.4 Å². The number of carbonyl (C=O) groups excluding carboxylic acids is 2. The maximum atomic E-state index is 12.5. The number of aromatic amines is 1. The van der Waals surface area contributed by atoms with Gasteiger partial charge in [0.1, 0.15) is 5.82 Å². The molecule has 28 heavy (non-hydrogen) atoms. The van der Waals surface area contributed by atoms with Crippen molar-refractivity contribution >= 4 is 34.7 Å². The number of H-pyrrole nitrogens is 1. The first-order valence-corrected chi connectivity index (χ1v) is 9.84. The zero-order chi connectivity index (χ0) is 19.3. The van der Waals surface area contributed by atoms with Crippen molar-refractivity contribution in [2.24, 2.45) is 5.92 Å². The molecule has 2 aromatic carbocycles. The summed E-state index contributed by atoms with van der Waals surface area (Å²) < 4.78 is 0. The highest BCUT2D eigenvalue weighted by Gasteiger charge is 2.20. The van der Waals surface area contributed by atoms with Gasteiger partial charge in [-0.3, -0.25) is 9.59 Å². The number of anilines is 2. The van der Waals surface area contributed by atoms with E-state index in [1.165, 1.54) is 12.8 Å². The fraction of sp³-hybridized carbons (Fsp3) is 0.318. The van der Waals surface area contributed by atoms with Crippen LogP contribution in [0.5, 0.6) is 0 Å². The van der Waals surface area contributed by atoms with Gasteiger partial charge in [-0.1, -0.05) is 25.7 Å². The molecule has 1 aliphatic rings. The van der Waals surface area contributed by atoms with Crippen LogP contribution in [0.3, 0.4) is 0 Å². The molecule has 0 spiro atoms. The van der Waals surface area contributed by atoms with Crippen LogP contribution in [0, 0.1) is 5.92 Å². The molecule has 1 saturated carbocycles. The molecule has 1 aliphatic carbocycles. The van der Waals surface area contributed by atoms with Crippen LogP contribution in [0.2, 0.25) is 0 Å². The number of benzene rings is 2. The standard InChI is InChI=1S/C22H24N4O2/c27-14-23-18-11-12-19-20(13-18)26-21(25-19)15-7-9-17(10-8-15)24-22(28)16-5-3-1-2-4-6-16/h7-14,16H,1-6H2,(H,23,27)(H,24,28)(H,25,26). The van der Waals surface area contributed by atoms with Crippen LogP contribution in [0.4, 0.5) is 11.4 Å². The fourth-order valence-electron chi connectivity index (χ4n) is 3.80. The molecule has 4 rings (SSSR count). The smallest absolute Gasteiger partial charge is 0.227 e. The molecule has 0 atom stereocenters. The summed E-state index contributed by atoms with van der Waals surface area (Å²) in [7, 11) is 0. The lowest BCUT2D eigenvalue weighted by atomic mass is 9.99. The van der Waals surface area contributed by atoms with E-state index in [0.717, 1.165) is 53.8 Å². The van der Waals surface area contributed by atoms with Crippen LogP contribution >= 0.6 is 0 Å². The van der Waals surface area contributed by atoms with Gasteiger partial charge in [0.05, 0.1) is 11.0 Å². The predicted molar refractivity (Wildman–Crippen MR) is 111 cm³/mol. The number of fused-ring (bicyclic) bond motifs is 1. The summed E-state index contributed by atoms with van der Waals surface area (Å²) in [5.74, 6) is 1.01. The topological polar surface area (TPSA) is 86.9 Å². The lowest BCUT2D eigenvalue weighted by Crippen LogP contribution is -2.22. The fourth-order valence-corrected chi connectivity index (χ4v) is 3.80. The number of nitrogens with zero attached hydrogens (tertiary/aromatic N) is 1. The summed E-state index contributed by atoms with van der Waals surface area (Å²) in [5.41, 5.74) is 4.15. The summed E-state index contributed by atoms with van der Waals surface area (Å²) in [5, 5.41) is 5.69. The zero-order valence-corrected chi connectivity index (χ0v) is 15.7. The van der Waals surface area contributed by atoms with Gasteiger partial charge in [-0.2, -0.15) is 0 Å². The van der Waals surface area contributed by atoms with Crippen molar-refractivity contribution in [3.63, 3.8) is 0 Å². The average Bonchev–Trinajstić information content (AvgIpc) is 2.93. The van der Waals surface area contributed by atoms with Gasteiger partial charge in [-0.25, -0.2) is 4.98 Å². The molecule has 1 heterocycles. The van der Waals surface area contributed by atoms with E-state index >= 15 is 0 Å². The highest BCUT2D eigenvalue weighted by molar-refractivity contribution is 5.93. The monoisotopic (exact) mass is 376 g/mol. The number of amides is 2. The molecule has 6 nitrogen and oxygen atoms in total. The van der Waals surface area contributed by atoms with Crippen molar-refractivity contribution in [1.29, 1.82) is 0 Å². The minimum Gasteiger partial charge on any atom is -0.338 e. The molecule has 0 saturated heterocycles. The second-order valence-electron chi connectivity index (χ2n) is 7.33. The second-order valence-corrected chi connectivity index (χ2v) is 7.33. The summed E-state index contributed by atoms with van der Waals surface area (Å²) in [6.45, 7) is 0. The third-order valence-corrected chi connectivity index (χ3v) is 5.36. The first kappa shape index (κ1) is 18.2. The maximum absolute atomic E-state index is 12.5. The highest BCUT2D eigenvalue weighted by atomic mass is 16.2. The van der Waals surface area contributed by atoms with E-state index in [4.69, 9.17) is 0 Å². The Labute approximate surface area is 163 Å². The Morgan fingerprint density at radius 1 is 1.00 bits per heavy atom. The minimum atomic E-state index is 0.131. The molecule has 6 heteroatoms. The van der Waals surface area contributed by atoms with Gasteiger partial charge < -0.3 is 15.6 Å². The van der Waals surface area contributed by atoms with Crippen molar-refractivity contribution in [2.75, 3.05) is 10.6 Å².